The first-order chi connectivity index (χ1) is 19.4. The molecule has 0 unspecified atom stereocenters. The number of nitrogens with zero attached hydrogens (tertiary/aromatic N) is 2. The molecule has 1 aliphatic heterocycles. The van der Waals surface area contributed by atoms with Gasteiger partial charge >= 0.3 is 0 Å². The summed E-state index contributed by atoms with van der Waals surface area (Å²) in [7, 11) is 0. The van der Waals surface area contributed by atoms with Crippen molar-refractivity contribution < 1.29 is 18.7 Å². The van der Waals surface area contributed by atoms with Crippen LogP contribution in [0.15, 0.2) is 83.5 Å². The maximum atomic E-state index is 13.3. The second kappa shape index (κ2) is 12.2. The molecule has 0 saturated heterocycles. The highest BCUT2D eigenvalue weighted by Gasteiger charge is 2.32. The van der Waals surface area contributed by atoms with E-state index in [0.717, 1.165) is 23.1 Å². The average molecular weight is 538 g/mol. The predicted molar refractivity (Wildman–Crippen MR) is 153 cm³/mol. The van der Waals surface area contributed by atoms with Gasteiger partial charge in [0.1, 0.15) is 12.0 Å². The molecule has 7 nitrogen and oxygen atoms in total. The maximum Gasteiger partial charge on any atom is 0.273 e. The standard InChI is InChI=1S/C33H35N3O4/c1-22(2)17-31(37)36-16-15-25-13-14-27(18-28(25)32(36)26-11-9-23(3)10-12-26)39-21-30-35-29(20-40-30)33(38)34-19-24-7-5-4-6-8-24/h4-14,18,20,22,32H,15-17,19,21H2,1-3H3,(H,34,38)/t32-/m1/s1. The normalized spacial score (nSPS) is 14.6. The summed E-state index contributed by atoms with van der Waals surface area (Å²) in [5, 5.41) is 2.85. The predicted octanol–water partition coefficient (Wildman–Crippen LogP) is 6.01. The van der Waals surface area contributed by atoms with Crippen LogP contribution in [0.2, 0.25) is 0 Å². The Hall–Kier alpha value is -4.39. The van der Waals surface area contributed by atoms with Crippen molar-refractivity contribution in [3.05, 3.63) is 118 Å². The van der Waals surface area contributed by atoms with Gasteiger partial charge in [0, 0.05) is 19.5 Å². The van der Waals surface area contributed by atoms with Gasteiger partial charge in [-0.3, -0.25) is 9.59 Å². The number of carbonyl (C=O) groups excluding carboxylic acids is 2. The van der Waals surface area contributed by atoms with Crippen LogP contribution >= 0.6 is 0 Å². The van der Waals surface area contributed by atoms with Crippen molar-refractivity contribution in [2.45, 2.75) is 52.8 Å². The minimum atomic E-state index is -0.306. The molecule has 7 heteroatoms. The van der Waals surface area contributed by atoms with Crippen molar-refractivity contribution in [2.24, 2.45) is 5.92 Å². The van der Waals surface area contributed by atoms with E-state index in [9.17, 15) is 9.59 Å². The van der Waals surface area contributed by atoms with Gasteiger partial charge in [-0.15, -0.1) is 0 Å². The summed E-state index contributed by atoms with van der Waals surface area (Å²) >= 11 is 0. The maximum absolute atomic E-state index is 13.3. The first-order valence-corrected chi connectivity index (χ1v) is 13.8. The van der Waals surface area contributed by atoms with Crippen molar-refractivity contribution in [1.29, 1.82) is 0 Å². The summed E-state index contributed by atoms with van der Waals surface area (Å²) in [6.45, 7) is 7.38. The smallest absolute Gasteiger partial charge is 0.273 e. The third kappa shape index (κ3) is 6.42. The number of rotatable bonds is 9. The fraction of sp³-hybridized carbons (Fsp3) is 0.303. The molecule has 0 aliphatic carbocycles. The zero-order valence-corrected chi connectivity index (χ0v) is 23.2. The van der Waals surface area contributed by atoms with Crippen LogP contribution in [0.1, 0.15) is 70.5 Å². The first-order valence-electron chi connectivity index (χ1n) is 13.8. The number of hydrogen-bond acceptors (Lipinski definition) is 5. The van der Waals surface area contributed by atoms with Crippen LogP contribution in [0.4, 0.5) is 0 Å². The number of oxazole rings is 1. The lowest BCUT2D eigenvalue weighted by Crippen LogP contribution is -2.41. The number of fused-ring (bicyclic) bond motifs is 1. The lowest BCUT2D eigenvalue weighted by atomic mass is 9.87. The van der Waals surface area contributed by atoms with Crippen molar-refractivity contribution in [1.82, 2.24) is 15.2 Å². The Balaban J connectivity index is 1.30. The third-order valence-electron chi connectivity index (χ3n) is 7.08. The van der Waals surface area contributed by atoms with Crippen molar-refractivity contribution >= 4 is 11.8 Å². The van der Waals surface area contributed by atoms with Crippen LogP contribution in [0.5, 0.6) is 5.75 Å². The lowest BCUT2D eigenvalue weighted by Gasteiger charge is -2.38. The number of aryl methyl sites for hydroxylation is 1. The summed E-state index contributed by atoms with van der Waals surface area (Å²) in [6.07, 6.45) is 2.65. The van der Waals surface area contributed by atoms with E-state index in [2.05, 4.69) is 61.4 Å². The molecule has 5 rings (SSSR count). The molecule has 0 saturated carbocycles. The summed E-state index contributed by atoms with van der Waals surface area (Å²) in [5.41, 5.74) is 5.75. The summed E-state index contributed by atoms with van der Waals surface area (Å²) in [6, 6.07) is 23.9. The van der Waals surface area contributed by atoms with Gasteiger partial charge in [0.2, 0.25) is 11.8 Å². The lowest BCUT2D eigenvalue weighted by molar-refractivity contribution is -0.134. The van der Waals surface area contributed by atoms with Gasteiger partial charge in [0.05, 0.1) is 6.04 Å². The van der Waals surface area contributed by atoms with Crippen LogP contribution in [-0.2, 0) is 24.4 Å². The number of benzene rings is 3. The number of carbonyl (C=O) groups is 2. The third-order valence-corrected chi connectivity index (χ3v) is 7.08. The number of aromatic nitrogens is 1. The fourth-order valence-electron chi connectivity index (χ4n) is 5.02. The zero-order valence-electron chi connectivity index (χ0n) is 23.2. The SMILES string of the molecule is Cc1ccc([C@@H]2c3cc(OCc4nc(C(=O)NCc5ccccc5)co4)ccc3CCN2C(=O)CC(C)C)cc1. The van der Waals surface area contributed by atoms with Crippen LogP contribution in [0, 0.1) is 12.8 Å². The topological polar surface area (TPSA) is 84.7 Å². The van der Waals surface area contributed by atoms with Gasteiger partial charge in [0.15, 0.2) is 12.3 Å². The average Bonchev–Trinajstić information content (AvgIpc) is 3.44. The zero-order chi connectivity index (χ0) is 28.1. The van der Waals surface area contributed by atoms with Crippen molar-refractivity contribution in [3.8, 4) is 5.75 Å². The van der Waals surface area contributed by atoms with E-state index in [-0.39, 0.29) is 36.1 Å². The number of hydrogen-bond donors (Lipinski definition) is 1. The van der Waals surface area contributed by atoms with Gasteiger partial charge in [0.25, 0.3) is 5.91 Å². The highest BCUT2D eigenvalue weighted by Crippen LogP contribution is 2.38. The van der Waals surface area contributed by atoms with Crippen LogP contribution in [0.3, 0.4) is 0 Å². The summed E-state index contributed by atoms with van der Waals surface area (Å²) < 4.78 is 11.6. The molecule has 2 amide bonds. The Labute approximate surface area is 235 Å². The fourth-order valence-corrected chi connectivity index (χ4v) is 5.02. The van der Waals surface area contributed by atoms with E-state index in [1.807, 2.05) is 47.4 Å². The van der Waals surface area contributed by atoms with Gasteiger partial charge in [-0.1, -0.05) is 80.1 Å². The van der Waals surface area contributed by atoms with Crippen LogP contribution in [0.25, 0.3) is 0 Å². The molecular weight excluding hydrogens is 502 g/mol. The Kier molecular flexibility index (Phi) is 8.29. The number of nitrogens with one attached hydrogen (secondary N) is 1. The van der Waals surface area contributed by atoms with Gasteiger partial charge in [-0.05, 0) is 53.6 Å². The molecule has 1 aromatic heterocycles. The Morgan fingerprint density at radius 2 is 1.85 bits per heavy atom. The molecule has 0 bridgehead atoms. The number of amides is 2. The van der Waals surface area contributed by atoms with E-state index in [4.69, 9.17) is 9.15 Å². The quantitative estimate of drug-likeness (QED) is 0.283. The summed E-state index contributed by atoms with van der Waals surface area (Å²) in [5.74, 6) is 1.11. The van der Waals surface area contributed by atoms with E-state index in [1.54, 1.807) is 0 Å². The molecule has 0 radical (unpaired) electrons. The van der Waals surface area contributed by atoms with E-state index < -0.39 is 0 Å². The molecule has 0 spiro atoms. The van der Waals surface area contributed by atoms with Crippen molar-refractivity contribution in [3.63, 3.8) is 0 Å². The van der Waals surface area contributed by atoms with Gasteiger partial charge in [-0.25, -0.2) is 4.98 Å². The molecule has 2 heterocycles. The molecule has 206 valence electrons. The molecular formula is C33H35N3O4. The van der Waals surface area contributed by atoms with Crippen LogP contribution < -0.4 is 10.1 Å². The monoisotopic (exact) mass is 537 g/mol. The van der Waals surface area contributed by atoms with E-state index in [1.165, 1.54) is 17.4 Å². The molecule has 4 aromatic rings. The van der Waals surface area contributed by atoms with E-state index >= 15 is 0 Å². The van der Waals surface area contributed by atoms with E-state index in [0.29, 0.717) is 31.2 Å². The molecule has 0 fully saturated rings. The molecule has 1 atom stereocenters. The van der Waals surface area contributed by atoms with Gasteiger partial charge < -0.3 is 19.4 Å². The molecule has 3 aromatic carbocycles. The van der Waals surface area contributed by atoms with Crippen molar-refractivity contribution in [2.75, 3.05) is 6.54 Å². The molecule has 1 N–H and O–H groups in total. The second-order valence-corrected chi connectivity index (χ2v) is 10.7. The highest BCUT2D eigenvalue weighted by atomic mass is 16.5. The van der Waals surface area contributed by atoms with Crippen LogP contribution in [-0.4, -0.2) is 28.2 Å². The highest BCUT2D eigenvalue weighted by molar-refractivity contribution is 5.91. The molecule has 40 heavy (non-hydrogen) atoms. The Bertz CT molecular complexity index is 1460. The first kappa shape index (κ1) is 27.2. The Morgan fingerprint density at radius 1 is 1.07 bits per heavy atom. The van der Waals surface area contributed by atoms with Gasteiger partial charge in [-0.2, -0.15) is 0 Å². The number of ether oxygens (including phenoxy) is 1. The minimum Gasteiger partial charge on any atom is -0.484 e. The molecule has 1 aliphatic rings. The summed E-state index contributed by atoms with van der Waals surface area (Å²) in [4.78, 5) is 32.1. The Morgan fingerprint density at radius 3 is 2.60 bits per heavy atom. The second-order valence-electron chi connectivity index (χ2n) is 10.7. The minimum absolute atomic E-state index is 0.0793. The largest absolute Gasteiger partial charge is 0.484 e.